The maximum absolute atomic E-state index is 12.4. The first-order valence-electron chi connectivity index (χ1n) is 6.87. The SMILES string of the molecule is C=CCN(Cc1cccc(Cl)c1)C(=O)C(=C)CCC(=O)OC. The summed E-state index contributed by atoms with van der Waals surface area (Å²) < 4.78 is 4.56. The molecule has 0 spiro atoms. The number of benzene rings is 1. The van der Waals surface area contributed by atoms with Gasteiger partial charge < -0.3 is 9.64 Å². The summed E-state index contributed by atoms with van der Waals surface area (Å²) in [6.45, 7) is 8.23. The summed E-state index contributed by atoms with van der Waals surface area (Å²) in [5.41, 5.74) is 1.29. The summed E-state index contributed by atoms with van der Waals surface area (Å²) in [6, 6.07) is 7.31. The van der Waals surface area contributed by atoms with Crippen LogP contribution >= 0.6 is 11.6 Å². The molecule has 1 aromatic rings. The minimum Gasteiger partial charge on any atom is -0.469 e. The Balaban J connectivity index is 2.72. The zero-order chi connectivity index (χ0) is 16.5. The van der Waals surface area contributed by atoms with Gasteiger partial charge in [0.25, 0.3) is 0 Å². The minimum absolute atomic E-state index is 0.139. The molecule has 0 heterocycles. The molecule has 0 aliphatic carbocycles. The number of methoxy groups -OCH3 is 1. The molecule has 0 saturated carbocycles. The largest absolute Gasteiger partial charge is 0.469 e. The van der Waals surface area contributed by atoms with Gasteiger partial charge in [-0.15, -0.1) is 6.58 Å². The van der Waals surface area contributed by atoms with Crippen molar-refractivity contribution in [3.8, 4) is 0 Å². The average Bonchev–Trinajstić information content (AvgIpc) is 2.51. The Hall–Kier alpha value is -2.07. The van der Waals surface area contributed by atoms with Crippen molar-refractivity contribution in [2.45, 2.75) is 19.4 Å². The van der Waals surface area contributed by atoms with Crippen LogP contribution in [-0.4, -0.2) is 30.4 Å². The maximum Gasteiger partial charge on any atom is 0.305 e. The Labute approximate surface area is 136 Å². The zero-order valence-corrected chi connectivity index (χ0v) is 13.4. The highest BCUT2D eigenvalue weighted by Gasteiger charge is 2.17. The molecule has 0 unspecified atom stereocenters. The molecule has 1 rings (SSSR count). The van der Waals surface area contributed by atoms with Gasteiger partial charge in [0.1, 0.15) is 0 Å². The summed E-state index contributed by atoms with van der Waals surface area (Å²) in [5.74, 6) is -0.567. The van der Waals surface area contributed by atoms with Crippen molar-refractivity contribution in [3.63, 3.8) is 0 Å². The normalized spacial score (nSPS) is 9.91. The molecule has 22 heavy (non-hydrogen) atoms. The second kappa shape index (κ2) is 9.05. The van der Waals surface area contributed by atoms with Crippen LogP contribution in [0.4, 0.5) is 0 Å². The van der Waals surface area contributed by atoms with E-state index in [0.29, 0.717) is 23.7 Å². The van der Waals surface area contributed by atoms with E-state index in [2.05, 4.69) is 17.9 Å². The molecule has 0 bridgehead atoms. The third-order valence-electron chi connectivity index (χ3n) is 3.06. The second-order valence-corrected chi connectivity index (χ2v) is 5.22. The lowest BCUT2D eigenvalue weighted by Gasteiger charge is -2.22. The standard InChI is InChI=1S/C17H20ClNO3/c1-4-10-19(12-14-6-5-7-15(18)11-14)17(21)13(2)8-9-16(20)22-3/h4-7,11H,1-2,8-10,12H2,3H3. The van der Waals surface area contributed by atoms with Crippen LogP contribution in [0.15, 0.2) is 49.1 Å². The summed E-state index contributed by atoms with van der Waals surface area (Å²) in [6.07, 6.45) is 2.06. The van der Waals surface area contributed by atoms with Crippen LogP contribution in [0.1, 0.15) is 18.4 Å². The molecule has 1 aromatic carbocycles. The molecule has 0 aromatic heterocycles. The molecule has 0 atom stereocenters. The summed E-state index contributed by atoms with van der Waals surface area (Å²) in [7, 11) is 1.32. The molecule has 0 aliphatic rings. The third kappa shape index (κ3) is 5.74. The number of carbonyl (C=O) groups excluding carboxylic acids is 2. The molecule has 1 amide bonds. The van der Waals surface area contributed by atoms with Crippen LogP contribution in [0.2, 0.25) is 5.02 Å². The number of amides is 1. The molecule has 0 aliphatic heterocycles. The van der Waals surface area contributed by atoms with Gasteiger partial charge in [0.15, 0.2) is 0 Å². The summed E-state index contributed by atoms with van der Waals surface area (Å²) in [5, 5.41) is 0.619. The number of ether oxygens (including phenoxy) is 1. The van der Waals surface area contributed by atoms with Crippen molar-refractivity contribution in [2.24, 2.45) is 0 Å². The smallest absolute Gasteiger partial charge is 0.305 e. The number of hydrogen-bond donors (Lipinski definition) is 0. The fraction of sp³-hybridized carbons (Fsp3) is 0.294. The van der Waals surface area contributed by atoms with Gasteiger partial charge >= 0.3 is 5.97 Å². The number of esters is 1. The molecular formula is C17H20ClNO3. The lowest BCUT2D eigenvalue weighted by molar-refractivity contribution is -0.140. The van der Waals surface area contributed by atoms with Gasteiger partial charge in [-0.25, -0.2) is 0 Å². The minimum atomic E-state index is -0.362. The van der Waals surface area contributed by atoms with E-state index in [-0.39, 0.29) is 24.7 Å². The quantitative estimate of drug-likeness (QED) is 0.419. The predicted molar refractivity (Wildman–Crippen MR) is 87.5 cm³/mol. The predicted octanol–water partition coefficient (Wildman–Crippen LogP) is 3.36. The van der Waals surface area contributed by atoms with Gasteiger partial charge in [0.2, 0.25) is 5.91 Å². The Morgan fingerprint density at radius 3 is 2.68 bits per heavy atom. The molecule has 0 saturated heterocycles. The van der Waals surface area contributed by atoms with Gasteiger partial charge in [0, 0.05) is 30.1 Å². The van der Waals surface area contributed by atoms with Crippen molar-refractivity contribution in [3.05, 3.63) is 59.7 Å². The fourth-order valence-electron chi connectivity index (χ4n) is 1.92. The summed E-state index contributed by atoms with van der Waals surface area (Å²) in [4.78, 5) is 25.2. The highest BCUT2D eigenvalue weighted by atomic mass is 35.5. The topological polar surface area (TPSA) is 46.6 Å². The van der Waals surface area contributed by atoms with Gasteiger partial charge in [-0.1, -0.05) is 36.4 Å². The first-order valence-corrected chi connectivity index (χ1v) is 7.25. The van der Waals surface area contributed by atoms with E-state index in [9.17, 15) is 9.59 Å². The van der Waals surface area contributed by atoms with Crippen LogP contribution in [0.3, 0.4) is 0 Å². The molecular weight excluding hydrogens is 302 g/mol. The average molecular weight is 322 g/mol. The van der Waals surface area contributed by atoms with Gasteiger partial charge in [-0.2, -0.15) is 0 Å². The fourth-order valence-corrected chi connectivity index (χ4v) is 2.13. The highest BCUT2D eigenvalue weighted by Crippen LogP contribution is 2.15. The first kappa shape index (κ1) is 18.0. The lowest BCUT2D eigenvalue weighted by Crippen LogP contribution is -2.31. The number of hydrogen-bond acceptors (Lipinski definition) is 3. The molecule has 0 fully saturated rings. The van der Waals surface area contributed by atoms with E-state index >= 15 is 0 Å². The zero-order valence-electron chi connectivity index (χ0n) is 12.7. The van der Waals surface area contributed by atoms with E-state index in [4.69, 9.17) is 11.6 Å². The Morgan fingerprint density at radius 1 is 1.36 bits per heavy atom. The first-order chi connectivity index (χ1) is 10.5. The van der Waals surface area contributed by atoms with Crippen molar-refractivity contribution in [2.75, 3.05) is 13.7 Å². The number of rotatable bonds is 8. The van der Waals surface area contributed by atoms with E-state index in [1.165, 1.54) is 7.11 Å². The van der Waals surface area contributed by atoms with Crippen LogP contribution in [0, 0.1) is 0 Å². The van der Waals surface area contributed by atoms with Crippen molar-refractivity contribution >= 4 is 23.5 Å². The molecule has 4 nitrogen and oxygen atoms in total. The maximum atomic E-state index is 12.4. The Morgan fingerprint density at radius 2 is 2.09 bits per heavy atom. The van der Waals surface area contributed by atoms with E-state index in [1.807, 2.05) is 18.2 Å². The monoisotopic (exact) mass is 321 g/mol. The van der Waals surface area contributed by atoms with Crippen LogP contribution < -0.4 is 0 Å². The van der Waals surface area contributed by atoms with E-state index in [1.54, 1.807) is 17.0 Å². The molecule has 0 N–H and O–H groups in total. The van der Waals surface area contributed by atoms with Crippen LogP contribution in [0.25, 0.3) is 0 Å². The van der Waals surface area contributed by atoms with Gasteiger partial charge in [-0.3, -0.25) is 9.59 Å². The molecule has 5 heteroatoms. The summed E-state index contributed by atoms with van der Waals surface area (Å²) >= 11 is 5.96. The van der Waals surface area contributed by atoms with Crippen molar-refractivity contribution in [1.82, 2.24) is 4.90 Å². The van der Waals surface area contributed by atoms with Gasteiger partial charge in [-0.05, 0) is 24.1 Å². The van der Waals surface area contributed by atoms with Crippen LogP contribution in [0.5, 0.6) is 0 Å². The number of carbonyl (C=O) groups is 2. The van der Waals surface area contributed by atoms with Crippen molar-refractivity contribution in [1.29, 1.82) is 0 Å². The molecule has 118 valence electrons. The highest BCUT2D eigenvalue weighted by molar-refractivity contribution is 6.30. The van der Waals surface area contributed by atoms with E-state index in [0.717, 1.165) is 5.56 Å². The van der Waals surface area contributed by atoms with E-state index < -0.39 is 0 Å². The lowest BCUT2D eigenvalue weighted by atomic mass is 10.1. The Bertz CT molecular complexity index is 569. The second-order valence-electron chi connectivity index (χ2n) is 4.78. The third-order valence-corrected chi connectivity index (χ3v) is 3.30. The van der Waals surface area contributed by atoms with Gasteiger partial charge in [0.05, 0.1) is 7.11 Å². The molecule has 0 radical (unpaired) electrons. The van der Waals surface area contributed by atoms with Crippen LogP contribution in [-0.2, 0) is 20.9 Å². The number of halogens is 1. The Kier molecular flexibility index (Phi) is 7.40. The number of nitrogens with zero attached hydrogens (tertiary/aromatic N) is 1. The van der Waals surface area contributed by atoms with Crippen molar-refractivity contribution < 1.29 is 14.3 Å².